The third kappa shape index (κ3) is 3.82. The minimum absolute atomic E-state index is 1.23. The zero-order valence-corrected chi connectivity index (χ0v) is 22.3. The molecule has 0 unspecified atom stereocenters. The SMILES string of the molecule is Ic1c(-c2ccccc2)c(-c2ccccc2)c(-c2ccccc2)c2cc3cc4ccccc4cc3cc12. The molecule has 37 heavy (non-hydrogen) atoms. The Hall–Kier alpha value is -3.95. The molecule has 7 aromatic rings. The van der Waals surface area contributed by atoms with E-state index in [1.807, 2.05) is 0 Å². The van der Waals surface area contributed by atoms with Crippen LogP contribution in [0.25, 0.3) is 65.7 Å². The largest absolute Gasteiger partial charge is 0.0622 e. The third-order valence-corrected chi connectivity index (χ3v) is 8.37. The van der Waals surface area contributed by atoms with Crippen LogP contribution in [-0.4, -0.2) is 0 Å². The minimum Gasteiger partial charge on any atom is -0.0622 e. The summed E-state index contributed by atoms with van der Waals surface area (Å²) in [6.45, 7) is 0. The van der Waals surface area contributed by atoms with Gasteiger partial charge in [-0.05, 0) is 107 Å². The molecule has 0 saturated carbocycles. The van der Waals surface area contributed by atoms with E-state index < -0.39 is 0 Å². The van der Waals surface area contributed by atoms with E-state index in [0.717, 1.165) is 0 Å². The van der Waals surface area contributed by atoms with Gasteiger partial charge in [0.15, 0.2) is 0 Å². The Morgan fingerprint density at radius 1 is 0.324 bits per heavy atom. The Labute approximate surface area is 230 Å². The van der Waals surface area contributed by atoms with E-state index in [-0.39, 0.29) is 0 Å². The maximum Gasteiger partial charge on any atom is 0.0294 e. The fourth-order valence-corrected chi connectivity index (χ4v) is 6.59. The van der Waals surface area contributed by atoms with Gasteiger partial charge in [-0.3, -0.25) is 0 Å². The monoisotopic (exact) mass is 582 g/mol. The third-order valence-electron chi connectivity index (χ3n) is 7.25. The van der Waals surface area contributed by atoms with Crippen LogP contribution in [0.4, 0.5) is 0 Å². The van der Waals surface area contributed by atoms with Crippen molar-refractivity contribution in [3.8, 4) is 33.4 Å². The standard InChI is InChI=1S/C36H23I/c37-36-32-23-30-21-28-19-11-10-18-27(28)20-29(30)22-31(32)33(24-12-4-1-5-13-24)34(25-14-6-2-7-15-25)35(36)26-16-8-3-9-17-26/h1-23H. The van der Waals surface area contributed by atoms with Crippen molar-refractivity contribution in [3.63, 3.8) is 0 Å². The molecule has 0 amide bonds. The summed E-state index contributed by atoms with van der Waals surface area (Å²) in [6.07, 6.45) is 0. The van der Waals surface area contributed by atoms with Gasteiger partial charge in [0, 0.05) is 9.13 Å². The molecule has 7 aromatic carbocycles. The second-order valence-electron chi connectivity index (χ2n) is 9.48. The molecule has 0 heterocycles. The van der Waals surface area contributed by atoms with E-state index >= 15 is 0 Å². The Balaban J connectivity index is 1.71. The van der Waals surface area contributed by atoms with Gasteiger partial charge in [0.25, 0.3) is 0 Å². The molecule has 0 saturated heterocycles. The van der Waals surface area contributed by atoms with E-state index in [4.69, 9.17) is 0 Å². The molecule has 0 atom stereocenters. The van der Waals surface area contributed by atoms with E-state index in [1.54, 1.807) is 0 Å². The van der Waals surface area contributed by atoms with Crippen LogP contribution >= 0.6 is 22.6 Å². The molecule has 0 spiro atoms. The van der Waals surface area contributed by atoms with Gasteiger partial charge in [-0.2, -0.15) is 0 Å². The first kappa shape index (κ1) is 22.3. The van der Waals surface area contributed by atoms with Crippen molar-refractivity contribution in [2.24, 2.45) is 0 Å². The predicted molar refractivity (Wildman–Crippen MR) is 168 cm³/mol. The van der Waals surface area contributed by atoms with E-state index in [9.17, 15) is 0 Å². The zero-order valence-electron chi connectivity index (χ0n) is 20.2. The van der Waals surface area contributed by atoms with Crippen LogP contribution in [-0.2, 0) is 0 Å². The quantitative estimate of drug-likeness (QED) is 0.144. The molecular formula is C36H23I. The van der Waals surface area contributed by atoms with Crippen molar-refractivity contribution in [3.05, 3.63) is 143 Å². The van der Waals surface area contributed by atoms with Crippen molar-refractivity contribution in [1.82, 2.24) is 0 Å². The first-order valence-electron chi connectivity index (χ1n) is 12.6. The van der Waals surface area contributed by atoms with Crippen LogP contribution in [0, 0.1) is 3.57 Å². The normalized spacial score (nSPS) is 11.4. The summed E-state index contributed by atoms with van der Waals surface area (Å²) in [5, 5.41) is 7.67. The van der Waals surface area contributed by atoms with Crippen LogP contribution in [0.5, 0.6) is 0 Å². The average Bonchev–Trinajstić information content (AvgIpc) is 2.96. The van der Waals surface area contributed by atoms with Crippen LogP contribution in [0.1, 0.15) is 0 Å². The number of fused-ring (bicyclic) bond motifs is 3. The average molecular weight is 582 g/mol. The minimum atomic E-state index is 1.23. The van der Waals surface area contributed by atoms with Crippen molar-refractivity contribution in [2.45, 2.75) is 0 Å². The highest BCUT2D eigenvalue weighted by Crippen LogP contribution is 2.48. The summed E-state index contributed by atoms with van der Waals surface area (Å²) in [5.74, 6) is 0. The van der Waals surface area contributed by atoms with E-state index in [0.29, 0.717) is 0 Å². The number of rotatable bonds is 3. The summed E-state index contributed by atoms with van der Waals surface area (Å²) >= 11 is 2.58. The number of halogens is 1. The lowest BCUT2D eigenvalue weighted by atomic mass is 9.83. The molecule has 0 N–H and O–H groups in total. The molecule has 7 rings (SSSR count). The smallest absolute Gasteiger partial charge is 0.0294 e. The maximum atomic E-state index is 2.58. The van der Waals surface area contributed by atoms with Gasteiger partial charge in [0.05, 0.1) is 0 Å². The van der Waals surface area contributed by atoms with E-state index in [2.05, 4.69) is 162 Å². The second-order valence-corrected chi connectivity index (χ2v) is 10.6. The van der Waals surface area contributed by atoms with Gasteiger partial charge >= 0.3 is 0 Å². The Morgan fingerprint density at radius 2 is 0.730 bits per heavy atom. The first-order valence-corrected chi connectivity index (χ1v) is 13.6. The molecule has 0 aliphatic heterocycles. The lowest BCUT2D eigenvalue weighted by Crippen LogP contribution is -1.97. The lowest BCUT2D eigenvalue weighted by molar-refractivity contribution is 1.57. The van der Waals surface area contributed by atoms with Crippen LogP contribution in [0.3, 0.4) is 0 Å². The van der Waals surface area contributed by atoms with Crippen LogP contribution in [0.2, 0.25) is 0 Å². The van der Waals surface area contributed by atoms with Gasteiger partial charge in [0.1, 0.15) is 0 Å². The summed E-state index contributed by atoms with van der Waals surface area (Å²) in [5.41, 5.74) is 7.58. The second kappa shape index (κ2) is 9.17. The maximum absolute atomic E-state index is 2.58. The first-order chi connectivity index (χ1) is 18.3. The van der Waals surface area contributed by atoms with Crippen molar-refractivity contribution in [1.29, 1.82) is 0 Å². The molecule has 0 bridgehead atoms. The number of benzene rings is 7. The molecule has 0 aliphatic carbocycles. The van der Waals surface area contributed by atoms with Crippen LogP contribution < -0.4 is 0 Å². The zero-order chi connectivity index (χ0) is 24.8. The Bertz CT molecular complexity index is 1900. The summed E-state index contributed by atoms with van der Waals surface area (Å²) in [7, 11) is 0. The highest BCUT2D eigenvalue weighted by Gasteiger charge is 2.22. The fourth-order valence-electron chi connectivity index (χ4n) is 5.56. The molecule has 1 heteroatoms. The summed E-state index contributed by atoms with van der Waals surface area (Å²) < 4.78 is 1.28. The van der Waals surface area contributed by atoms with Gasteiger partial charge in [-0.25, -0.2) is 0 Å². The van der Waals surface area contributed by atoms with Gasteiger partial charge in [-0.15, -0.1) is 0 Å². The van der Waals surface area contributed by atoms with E-state index in [1.165, 1.54) is 69.3 Å². The highest BCUT2D eigenvalue weighted by atomic mass is 127. The fraction of sp³-hybridized carbons (Fsp3) is 0. The van der Waals surface area contributed by atoms with Gasteiger partial charge < -0.3 is 0 Å². The summed E-state index contributed by atoms with van der Waals surface area (Å²) in [4.78, 5) is 0. The van der Waals surface area contributed by atoms with Crippen molar-refractivity contribution < 1.29 is 0 Å². The highest BCUT2D eigenvalue weighted by molar-refractivity contribution is 14.1. The molecule has 0 nitrogen and oxygen atoms in total. The van der Waals surface area contributed by atoms with Gasteiger partial charge in [-0.1, -0.05) is 115 Å². The molecular weight excluding hydrogens is 559 g/mol. The molecule has 0 fully saturated rings. The summed E-state index contributed by atoms with van der Waals surface area (Å²) in [6, 6.07) is 50.7. The lowest BCUT2D eigenvalue weighted by Gasteiger charge is -2.22. The molecule has 0 aromatic heterocycles. The molecule has 0 radical (unpaired) electrons. The molecule has 0 aliphatic rings. The Morgan fingerprint density at radius 3 is 1.24 bits per heavy atom. The van der Waals surface area contributed by atoms with Crippen molar-refractivity contribution >= 4 is 54.9 Å². The number of hydrogen-bond donors (Lipinski definition) is 0. The van der Waals surface area contributed by atoms with Crippen molar-refractivity contribution in [2.75, 3.05) is 0 Å². The molecule has 174 valence electrons. The van der Waals surface area contributed by atoms with Crippen LogP contribution in [0.15, 0.2) is 140 Å². The number of hydrogen-bond acceptors (Lipinski definition) is 0. The van der Waals surface area contributed by atoms with Gasteiger partial charge in [0.2, 0.25) is 0 Å². The predicted octanol–water partition coefficient (Wildman–Crippen LogP) is 10.8. The topological polar surface area (TPSA) is 0 Å². The Kier molecular flexibility index (Phi) is 5.52.